The van der Waals surface area contributed by atoms with Gasteiger partial charge in [0.05, 0.1) is 5.69 Å². The molecule has 0 unspecified atom stereocenters. The molecular weight excluding hydrogens is 182 g/mol. The molecule has 2 aliphatic rings. The van der Waals surface area contributed by atoms with Crippen molar-refractivity contribution in [2.45, 2.75) is 44.4 Å². The highest BCUT2D eigenvalue weighted by atomic mass is 14.8. The second kappa shape index (κ2) is 3.19. The van der Waals surface area contributed by atoms with Crippen LogP contribution in [-0.4, -0.2) is 6.21 Å². The van der Waals surface area contributed by atoms with E-state index >= 15 is 0 Å². The van der Waals surface area contributed by atoms with Gasteiger partial charge < -0.3 is 0 Å². The Hall–Kier alpha value is -1.11. The quantitative estimate of drug-likeness (QED) is 0.600. The van der Waals surface area contributed by atoms with Crippen LogP contribution in [0.5, 0.6) is 0 Å². The van der Waals surface area contributed by atoms with Crippen molar-refractivity contribution < 1.29 is 0 Å². The number of hydrogen-bond donors (Lipinski definition) is 0. The van der Waals surface area contributed by atoms with E-state index in [9.17, 15) is 0 Å². The minimum absolute atomic E-state index is 0.305. The van der Waals surface area contributed by atoms with E-state index in [1.54, 1.807) is 0 Å². The highest BCUT2D eigenvalue weighted by Crippen LogP contribution is 2.46. The van der Waals surface area contributed by atoms with Crippen molar-refractivity contribution in [1.29, 1.82) is 0 Å². The van der Waals surface area contributed by atoms with Crippen molar-refractivity contribution in [3.63, 3.8) is 0 Å². The summed E-state index contributed by atoms with van der Waals surface area (Å²) in [6.45, 7) is 2.16. The van der Waals surface area contributed by atoms with Crippen molar-refractivity contribution in [2.24, 2.45) is 4.99 Å². The molecule has 1 saturated carbocycles. The second-order valence-corrected chi connectivity index (χ2v) is 4.95. The largest absolute Gasteiger partial charge is 0.260 e. The molecule has 0 bridgehead atoms. The molecule has 0 aromatic heterocycles. The molecule has 1 heteroatoms. The number of benzene rings is 1. The van der Waals surface area contributed by atoms with Gasteiger partial charge in [0.15, 0.2) is 0 Å². The van der Waals surface area contributed by atoms with Crippen LogP contribution in [0.25, 0.3) is 0 Å². The molecule has 1 aliphatic carbocycles. The van der Waals surface area contributed by atoms with Crippen molar-refractivity contribution in [1.82, 2.24) is 0 Å². The maximum Gasteiger partial charge on any atom is 0.0696 e. The molecule has 0 amide bonds. The van der Waals surface area contributed by atoms with Crippen molar-refractivity contribution >= 4 is 11.9 Å². The normalized spacial score (nSPS) is 21.9. The fourth-order valence-corrected chi connectivity index (χ4v) is 3.07. The molecule has 0 N–H and O–H groups in total. The number of aliphatic imine (C=N–C) groups is 1. The lowest BCUT2D eigenvalue weighted by atomic mass is 9.71. The summed E-state index contributed by atoms with van der Waals surface area (Å²) in [6.07, 6.45) is 8.94. The van der Waals surface area contributed by atoms with Crippen LogP contribution in [0.1, 0.15) is 43.2 Å². The zero-order valence-corrected chi connectivity index (χ0v) is 9.29. The van der Waals surface area contributed by atoms with Crippen LogP contribution in [0.2, 0.25) is 0 Å². The fourth-order valence-electron chi connectivity index (χ4n) is 3.07. The molecule has 0 saturated heterocycles. The summed E-state index contributed by atoms with van der Waals surface area (Å²) >= 11 is 0. The molecular formula is C14H17N. The minimum Gasteiger partial charge on any atom is -0.260 e. The highest BCUT2D eigenvalue weighted by Gasteiger charge is 2.37. The maximum absolute atomic E-state index is 4.65. The average molecular weight is 199 g/mol. The monoisotopic (exact) mass is 199 g/mol. The Morgan fingerprint density at radius 2 is 1.93 bits per heavy atom. The lowest BCUT2D eigenvalue weighted by Gasteiger charge is -2.31. The molecule has 1 nitrogen and oxygen atoms in total. The SMILES string of the molecule is Cc1cccc2c1N=CC21CCCCC1. The first-order valence-corrected chi connectivity index (χ1v) is 5.97. The number of nitrogens with zero attached hydrogens (tertiary/aromatic N) is 1. The van der Waals surface area contributed by atoms with Gasteiger partial charge >= 0.3 is 0 Å². The lowest BCUT2D eigenvalue weighted by molar-refractivity contribution is 0.391. The molecule has 1 aromatic rings. The maximum atomic E-state index is 4.65. The molecule has 3 rings (SSSR count). The van der Waals surface area contributed by atoms with Gasteiger partial charge in [0.1, 0.15) is 0 Å². The Morgan fingerprint density at radius 1 is 1.13 bits per heavy atom. The average Bonchev–Trinajstić information content (AvgIpc) is 2.61. The van der Waals surface area contributed by atoms with Crippen molar-refractivity contribution in [3.8, 4) is 0 Å². The van der Waals surface area contributed by atoms with Gasteiger partial charge in [0.25, 0.3) is 0 Å². The Kier molecular flexibility index (Phi) is 1.95. The van der Waals surface area contributed by atoms with E-state index in [-0.39, 0.29) is 0 Å². The zero-order chi connectivity index (χ0) is 10.3. The summed E-state index contributed by atoms with van der Waals surface area (Å²) < 4.78 is 0. The van der Waals surface area contributed by atoms with Crippen molar-refractivity contribution in [3.05, 3.63) is 29.3 Å². The predicted octanol–water partition coefficient (Wildman–Crippen LogP) is 3.91. The Morgan fingerprint density at radius 3 is 2.73 bits per heavy atom. The summed E-state index contributed by atoms with van der Waals surface area (Å²) in [5.41, 5.74) is 4.37. The molecule has 1 aliphatic heterocycles. The fraction of sp³-hybridized carbons (Fsp3) is 0.500. The molecule has 0 radical (unpaired) electrons. The third kappa shape index (κ3) is 1.26. The third-order valence-electron chi connectivity index (χ3n) is 3.96. The van der Waals surface area contributed by atoms with Crippen molar-refractivity contribution in [2.75, 3.05) is 0 Å². The van der Waals surface area contributed by atoms with Gasteiger partial charge in [0.2, 0.25) is 0 Å². The molecule has 1 heterocycles. The van der Waals surface area contributed by atoms with E-state index in [1.807, 2.05) is 0 Å². The first-order chi connectivity index (χ1) is 7.32. The summed E-state index contributed by atoms with van der Waals surface area (Å²) in [7, 11) is 0. The molecule has 1 aromatic carbocycles. The Labute approximate surface area is 91.2 Å². The molecule has 0 atom stereocenters. The van der Waals surface area contributed by atoms with E-state index in [0.29, 0.717) is 5.41 Å². The molecule has 15 heavy (non-hydrogen) atoms. The predicted molar refractivity (Wildman–Crippen MR) is 64.1 cm³/mol. The third-order valence-corrected chi connectivity index (χ3v) is 3.96. The van der Waals surface area contributed by atoms with Gasteiger partial charge in [-0.05, 0) is 30.9 Å². The van der Waals surface area contributed by atoms with E-state index < -0.39 is 0 Å². The topological polar surface area (TPSA) is 12.4 Å². The summed E-state index contributed by atoms with van der Waals surface area (Å²) in [5.74, 6) is 0. The second-order valence-electron chi connectivity index (χ2n) is 4.95. The Balaban J connectivity index is 2.11. The van der Waals surface area contributed by atoms with Gasteiger partial charge in [0, 0.05) is 11.6 Å². The molecule has 1 fully saturated rings. The van der Waals surface area contributed by atoms with Gasteiger partial charge in [-0.25, -0.2) is 0 Å². The Bertz CT molecular complexity index is 411. The minimum atomic E-state index is 0.305. The summed E-state index contributed by atoms with van der Waals surface area (Å²) in [5, 5.41) is 0. The highest BCUT2D eigenvalue weighted by molar-refractivity contribution is 5.86. The van der Waals surface area contributed by atoms with E-state index in [2.05, 4.69) is 36.3 Å². The summed E-state index contributed by atoms with van der Waals surface area (Å²) in [4.78, 5) is 4.65. The van der Waals surface area contributed by atoms with Crippen LogP contribution in [0.4, 0.5) is 5.69 Å². The summed E-state index contributed by atoms with van der Waals surface area (Å²) in [6, 6.07) is 6.62. The molecule has 1 spiro atoms. The first-order valence-electron chi connectivity index (χ1n) is 5.97. The lowest BCUT2D eigenvalue weighted by Crippen LogP contribution is -2.28. The zero-order valence-electron chi connectivity index (χ0n) is 9.29. The van der Waals surface area contributed by atoms with Gasteiger partial charge in [-0.15, -0.1) is 0 Å². The smallest absolute Gasteiger partial charge is 0.0696 e. The number of rotatable bonds is 0. The number of hydrogen-bond acceptors (Lipinski definition) is 1. The van der Waals surface area contributed by atoms with Gasteiger partial charge in [-0.2, -0.15) is 0 Å². The molecule has 78 valence electrons. The standard InChI is InChI=1S/C14H17N/c1-11-6-5-7-12-13(11)15-10-14(12)8-3-2-4-9-14/h5-7,10H,2-4,8-9H2,1H3. The van der Waals surface area contributed by atoms with Crippen LogP contribution >= 0.6 is 0 Å². The van der Waals surface area contributed by atoms with E-state index in [4.69, 9.17) is 0 Å². The van der Waals surface area contributed by atoms with Gasteiger partial charge in [-0.1, -0.05) is 37.5 Å². The van der Waals surface area contributed by atoms with Crippen LogP contribution in [0.3, 0.4) is 0 Å². The number of aryl methyl sites for hydroxylation is 1. The number of para-hydroxylation sites is 1. The van der Waals surface area contributed by atoms with E-state index in [0.717, 1.165) is 0 Å². The van der Waals surface area contributed by atoms with Gasteiger partial charge in [-0.3, -0.25) is 4.99 Å². The first kappa shape index (κ1) is 9.14. The van der Waals surface area contributed by atoms with Crippen LogP contribution in [0, 0.1) is 6.92 Å². The van der Waals surface area contributed by atoms with Crippen LogP contribution < -0.4 is 0 Å². The number of fused-ring (bicyclic) bond motifs is 2. The van der Waals surface area contributed by atoms with E-state index in [1.165, 1.54) is 48.9 Å². The van der Waals surface area contributed by atoms with Crippen LogP contribution in [-0.2, 0) is 5.41 Å². The van der Waals surface area contributed by atoms with Crippen LogP contribution in [0.15, 0.2) is 23.2 Å².